The Hall–Kier alpha value is -1.74. The molecule has 0 saturated carbocycles. The maximum Gasteiger partial charge on any atom is 0.288 e. The first-order chi connectivity index (χ1) is 10.3. The number of benzene rings is 2. The van der Waals surface area contributed by atoms with Gasteiger partial charge >= 0.3 is 0 Å². The van der Waals surface area contributed by atoms with Gasteiger partial charge in [0.15, 0.2) is 0 Å². The van der Waals surface area contributed by atoms with E-state index < -0.39 is 32.3 Å². The zero-order valence-electron chi connectivity index (χ0n) is 10.8. The largest absolute Gasteiger partial charge is 0.288 e. The van der Waals surface area contributed by atoms with Gasteiger partial charge in [0.1, 0.15) is 16.5 Å². The van der Waals surface area contributed by atoms with E-state index in [-0.39, 0.29) is 10.6 Å². The van der Waals surface area contributed by atoms with Crippen LogP contribution < -0.4 is 4.72 Å². The number of anilines is 1. The van der Waals surface area contributed by atoms with Crippen molar-refractivity contribution in [3.63, 3.8) is 0 Å². The molecule has 0 aromatic heterocycles. The summed E-state index contributed by atoms with van der Waals surface area (Å²) < 4.78 is 76.7. The van der Waals surface area contributed by atoms with Crippen molar-refractivity contribution in [1.82, 2.24) is 0 Å². The minimum atomic E-state index is -4.24. The zero-order valence-corrected chi connectivity index (χ0v) is 12.4. The predicted octanol–water partition coefficient (Wildman–Crippen LogP) is 4.08. The van der Waals surface area contributed by atoms with Crippen molar-refractivity contribution in [1.29, 1.82) is 0 Å². The van der Waals surface area contributed by atoms with E-state index in [0.717, 1.165) is 12.1 Å². The monoisotopic (exact) mass is 351 g/mol. The van der Waals surface area contributed by atoms with E-state index in [4.69, 9.17) is 0 Å². The number of halogens is 4. The highest BCUT2D eigenvalue weighted by Gasteiger charge is 2.19. The van der Waals surface area contributed by atoms with Crippen LogP contribution in [0.4, 0.5) is 23.2 Å². The molecule has 0 saturated heterocycles. The average molecular weight is 351 g/mol. The molecular weight excluding hydrogens is 342 g/mol. The third-order valence-corrected chi connectivity index (χ3v) is 4.65. The molecule has 0 aliphatic rings. The van der Waals surface area contributed by atoms with Gasteiger partial charge in [0, 0.05) is 16.6 Å². The summed E-state index contributed by atoms with van der Waals surface area (Å²) in [5, 5.41) is 0. The third-order valence-electron chi connectivity index (χ3n) is 2.52. The molecule has 0 amide bonds. The quantitative estimate of drug-likeness (QED) is 0.652. The van der Waals surface area contributed by atoms with Crippen molar-refractivity contribution in [3.05, 3.63) is 54.1 Å². The fourth-order valence-electron chi connectivity index (χ4n) is 1.61. The first-order valence-electron chi connectivity index (χ1n) is 5.81. The topological polar surface area (TPSA) is 46.2 Å². The standard InChI is InChI=1S/C13H9F4NO2S2/c14-8-1-6-12(11(15)7-8)22(19,20)18-9-2-4-10(5-3-9)21-13(16)17/h1-7,13,18H. The molecular formula is C13H9F4NO2S2. The molecule has 0 bridgehead atoms. The van der Waals surface area contributed by atoms with Crippen LogP contribution in [0.5, 0.6) is 0 Å². The maximum absolute atomic E-state index is 13.5. The van der Waals surface area contributed by atoms with Crippen molar-refractivity contribution >= 4 is 27.5 Å². The lowest BCUT2D eigenvalue weighted by Gasteiger charge is -2.09. The molecule has 0 fully saturated rings. The van der Waals surface area contributed by atoms with Gasteiger partial charge in [-0.1, -0.05) is 11.8 Å². The molecule has 22 heavy (non-hydrogen) atoms. The lowest BCUT2D eigenvalue weighted by Crippen LogP contribution is -2.14. The van der Waals surface area contributed by atoms with Crippen LogP contribution in [0, 0.1) is 11.6 Å². The highest BCUT2D eigenvalue weighted by molar-refractivity contribution is 7.99. The summed E-state index contributed by atoms with van der Waals surface area (Å²) in [5.41, 5.74) is 0.0716. The number of hydrogen-bond acceptors (Lipinski definition) is 3. The fraction of sp³-hybridized carbons (Fsp3) is 0.0769. The Kier molecular flexibility index (Phi) is 4.97. The van der Waals surface area contributed by atoms with Crippen molar-refractivity contribution in [2.24, 2.45) is 0 Å². The van der Waals surface area contributed by atoms with Crippen molar-refractivity contribution in [2.75, 3.05) is 4.72 Å². The summed E-state index contributed by atoms with van der Waals surface area (Å²) in [5.74, 6) is -4.71. The summed E-state index contributed by atoms with van der Waals surface area (Å²) >= 11 is 0.313. The summed E-state index contributed by atoms with van der Waals surface area (Å²) in [6.07, 6.45) is 0. The molecule has 3 nitrogen and oxygen atoms in total. The van der Waals surface area contributed by atoms with Crippen LogP contribution in [0.1, 0.15) is 0 Å². The lowest BCUT2D eigenvalue weighted by atomic mass is 10.3. The second-order valence-electron chi connectivity index (χ2n) is 4.08. The number of alkyl halides is 2. The normalized spacial score (nSPS) is 11.7. The van der Waals surface area contributed by atoms with Gasteiger partial charge in [0.05, 0.1) is 0 Å². The van der Waals surface area contributed by atoms with Crippen LogP contribution in [0.3, 0.4) is 0 Å². The van der Waals surface area contributed by atoms with Gasteiger partial charge in [-0.3, -0.25) is 4.72 Å². The lowest BCUT2D eigenvalue weighted by molar-refractivity contribution is 0.252. The van der Waals surface area contributed by atoms with Crippen LogP contribution >= 0.6 is 11.8 Å². The first-order valence-corrected chi connectivity index (χ1v) is 8.17. The summed E-state index contributed by atoms with van der Waals surface area (Å²) in [4.78, 5) is -0.453. The average Bonchev–Trinajstić information content (AvgIpc) is 2.39. The number of nitrogens with one attached hydrogen (secondary N) is 1. The molecule has 0 aliphatic heterocycles. The first kappa shape index (κ1) is 16.6. The van der Waals surface area contributed by atoms with E-state index in [1.807, 2.05) is 0 Å². The number of rotatable bonds is 5. The van der Waals surface area contributed by atoms with E-state index in [1.165, 1.54) is 24.3 Å². The third kappa shape index (κ3) is 4.14. The van der Waals surface area contributed by atoms with E-state index in [1.54, 1.807) is 0 Å². The Balaban J connectivity index is 2.21. The molecule has 0 aliphatic carbocycles. The number of hydrogen-bond donors (Lipinski definition) is 1. The predicted molar refractivity (Wildman–Crippen MR) is 75.5 cm³/mol. The van der Waals surface area contributed by atoms with Crippen molar-refractivity contribution < 1.29 is 26.0 Å². The molecule has 0 atom stereocenters. The van der Waals surface area contributed by atoms with Crippen molar-refractivity contribution in [2.45, 2.75) is 15.5 Å². The zero-order chi connectivity index (χ0) is 16.3. The Morgan fingerprint density at radius 1 is 1.00 bits per heavy atom. The van der Waals surface area contributed by atoms with Gasteiger partial charge in [0.2, 0.25) is 0 Å². The van der Waals surface area contributed by atoms with Gasteiger partial charge in [-0.2, -0.15) is 8.78 Å². The fourth-order valence-corrected chi connectivity index (χ4v) is 3.23. The van der Waals surface area contributed by atoms with Crippen LogP contribution in [0.2, 0.25) is 0 Å². The van der Waals surface area contributed by atoms with Crippen LogP contribution in [-0.4, -0.2) is 14.2 Å². The van der Waals surface area contributed by atoms with Crippen LogP contribution in [0.15, 0.2) is 52.3 Å². The molecule has 2 rings (SSSR count). The molecule has 2 aromatic rings. The molecule has 1 N–H and O–H groups in total. The van der Waals surface area contributed by atoms with E-state index >= 15 is 0 Å². The molecule has 0 radical (unpaired) electrons. The molecule has 2 aromatic carbocycles. The highest BCUT2D eigenvalue weighted by Crippen LogP contribution is 2.27. The molecule has 0 heterocycles. The maximum atomic E-state index is 13.5. The van der Waals surface area contributed by atoms with E-state index in [2.05, 4.69) is 4.72 Å². The summed E-state index contributed by atoms with van der Waals surface area (Å²) in [7, 11) is -4.24. The van der Waals surface area contributed by atoms with Gasteiger partial charge < -0.3 is 0 Å². The Morgan fingerprint density at radius 3 is 2.18 bits per heavy atom. The minimum absolute atomic E-state index is 0.0716. The smallest absolute Gasteiger partial charge is 0.280 e. The molecule has 118 valence electrons. The second kappa shape index (κ2) is 6.57. The second-order valence-corrected chi connectivity index (χ2v) is 6.80. The van der Waals surface area contributed by atoms with Gasteiger partial charge in [-0.05, 0) is 36.4 Å². The van der Waals surface area contributed by atoms with Crippen molar-refractivity contribution in [3.8, 4) is 0 Å². The van der Waals surface area contributed by atoms with Crippen LogP contribution in [0.25, 0.3) is 0 Å². The Morgan fingerprint density at radius 2 is 1.64 bits per heavy atom. The van der Waals surface area contributed by atoms with Gasteiger partial charge in [-0.15, -0.1) is 0 Å². The van der Waals surface area contributed by atoms with Gasteiger partial charge in [0.25, 0.3) is 15.8 Å². The molecule has 0 spiro atoms. The molecule has 9 heteroatoms. The highest BCUT2D eigenvalue weighted by atomic mass is 32.2. The Bertz CT molecular complexity index is 764. The summed E-state index contributed by atoms with van der Waals surface area (Å²) in [6, 6.07) is 7.21. The minimum Gasteiger partial charge on any atom is -0.280 e. The Labute approximate surface area is 128 Å². The SMILES string of the molecule is O=S(=O)(Nc1ccc(SC(F)F)cc1)c1ccc(F)cc1F. The number of thioether (sulfide) groups is 1. The van der Waals surface area contributed by atoms with Gasteiger partial charge in [-0.25, -0.2) is 17.2 Å². The summed E-state index contributed by atoms with van der Waals surface area (Å²) in [6.45, 7) is 0. The van der Waals surface area contributed by atoms with E-state index in [0.29, 0.717) is 17.8 Å². The van der Waals surface area contributed by atoms with Crippen LogP contribution in [-0.2, 0) is 10.0 Å². The number of sulfonamides is 1. The molecule has 0 unspecified atom stereocenters. The van der Waals surface area contributed by atoms with E-state index in [9.17, 15) is 26.0 Å².